The molecule has 0 saturated heterocycles. The van der Waals surface area contributed by atoms with Gasteiger partial charge in [-0.2, -0.15) is 13.2 Å². The van der Waals surface area contributed by atoms with E-state index in [0.29, 0.717) is 42.8 Å². The second-order valence-electron chi connectivity index (χ2n) is 9.16. The van der Waals surface area contributed by atoms with Crippen LogP contribution >= 0.6 is 0 Å². The average Bonchev–Trinajstić information content (AvgIpc) is 2.82. The summed E-state index contributed by atoms with van der Waals surface area (Å²) in [5.41, 5.74) is 0.668. The fourth-order valence-electron chi connectivity index (χ4n) is 4.15. The zero-order chi connectivity index (χ0) is 26.7. The van der Waals surface area contributed by atoms with Crippen molar-refractivity contribution in [1.29, 1.82) is 0 Å². The van der Waals surface area contributed by atoms with Crippen molar-refractivity contribution in [2.24, 2.45) is 4.99 Å². The number of carbonyl (C=O) groups is 2. The number of halogens is 4. The number of benzene rings is 1. The van der Waals surface area contributed by atoms with Crippen LogP contribution in [0.4, 0.5) is 28.3 Å². The SMILES string of the molecule is CC(C)Nc1ncc2c(n1)CN(C(=O)N=CC(C1=CCCC(=O)N1)c1ccc(C(F)(F)F)c(F)c1)CC2. The second-order valence-corrected chi connectivity index (χ2v) is 9.16. The van der Waals surface area contributed by atoms with Crippen LogP contribution in [0.3, 0.4) is 0 Å². The number of fused-ring (bicyclic) bond motifs is 1. The molecule has 0 fully saturated rings. The van der Waals surface area contributed by atoms with Gasteiger partial charge < -0.3 is 15.5 Å². The molecule has 2 aliphatic heterocycles. The van der Waals surface area contributed by atoms with Crippen LogP contribution in [-0.4, -0.2) is 45.6 Å². The van der Waals surface area contributed by atoms with E-state index in [9.17, 15) is 27.2 Å². The van der Waals surface area contributed by atoms with Crippen LogP contribution < -0.4 is 10.6 Å². The van der Waals surface area contributed by atoms with Gasteiger partial charge in [0, 0.05) is 37.1 Å². The predicted molar refractivity (Wildman–Crippen MR) is 128 cm³/mol. The smallest absolute Gasteiger partial charge is 0.352 e. The van der Waals surface area contributed by atoms with Crippen LogP contribution in [0.2, 0.25) is 0 Å². The number of hydrogen-bond acceptors (Lipinski definition) is 5. The van der Waals surface area contributed by atoms with Crippen molar-refractivity contribution in [2.75, 3.05) is 11.9 Å². The van der Waals surface area contributed by atoms with Crippen molar-refractivity contribution in [1.82, 2.24) is 20.2 Å². The molecule has 37 heavy (non-hydrogen) atoms. The summed E-state index contributed by atoms with van der Waals surface area (Å²) in [4.78, 5) is 39.2. The van der Waals surface area contributed by atoms with Crippen molar-refractivity contribution in [3.8, 4) is 0 Å². The number of allylic oxidation sites excluding steroid dienone is 2. The van der Waals surface area contributed by atoms with Gasteiger partial charge in [0.05, 0.1) is 23.7 Å². The number of alkyl halides is 3. The summed E-state index contributed by atoms with van der Waals surface area (Å²) in [6, 6.07) is 2.06. The number of amides is 3. The minimum atomic E-state index is -4.85. The summed E-state index contributed by atoms with van der Waals surface area (Å²) in [6.07, 6.45) is 0.977. The molecule has 0 radical (unpaired) electrons. The van der Waals surface area contributed by atoms with Gasteiger partial charge in [-0.15, -0.1) is 0 Å². The molecule has 1 aromatic carbocycles. The third-order valence-electron chi connectivity index (χ3n) is 5.98. The molecule has 4 rings (SSSR count). The van der Waals surface area contributed by atoms with Crippen LogP contribution in [-0.2, 0) is 23.9 Å². The predicted octanol–water partition coefficient (Wildman–Crippen LogP) is 4.58. The molecule has 1 atom stereocenters. The molecule has 196 valence electrons. The Morgan fingerprint density at radius 2 is 2.05 bits per heavy atom. The number of carbonyl (C=O) groups excluding carboxylic acids is 2. The van der Waals surface area contributed by atoms with Crippen LogP contribution in [0.1, 0.15) is 55.0 Å². The Balaban J connectivity index is 1.57. The largest absolute Gasteiger partial charge is 0.419 e. The number of urea groups is 1. The molecule has 3 amide bonds. The highest BCUT2D eigenvalue weighted by Gasteiger charge is 2.34. The fourth-order valence-corrected chi connectivity index (χ4v) is 4.15. The number of nitrogens with one attached hydrogen (secondary N) is 2. The summed E-state index contributed by atoms with van der Waals surface area (Å²) < 4.78 is 53.5. The molecule has 2 aliphatic rings. The Labute approximate surface area is 210 Å². The quantitative estimate of drug-likeness (QED) is 0.446. The number of hydrogen-bond donors (Lipinski definition) is 2. The maximum Gasteiger partial charge on any atom is 0.419 e. The molecule has 0 aliphatic carbocycles. The summed E-state index contributed by atoms with van der Waals surface area (Å²) in [7, 11) is 0. The summed E-state index contributed by atoms with van der Waals surface area (Å²) in [6.45, 7) is 4.50. The van der Waals surface area contributed by atoms with E-state index >= 15 is 0 Å². The van der Waals surface area contributed by atoms with Crippen molar-refractivity contribution >= 4 is 24.1 Å². The minimum Gasteiger partial charge on any atom is -0.352 e. The fraction of sp³-hybridized carbons (Fsp3) is 0.400. The monoisotopic (exact) mass is 518 g/mol. The number of rotatable bonds is 5. The van der Waals surface area contributed by atoms with Crippen molar-refractivity contribution < 1.29 is 27.2 Å². The first-order valence-corrected chi connectivity index (χ1v) is 11.8. The maximum absolute atomic E-state index is 14.3. The summed E-state index contributed by atoms with van der Waals surface area (Å²) in [5, 5.41) is 5.77. The van der Waals surface area contributed by atoms with Gasteiger partial charge in [-0.3, -0.25) is 4.79 Å². The molecule has 2 aromatic rings. The van der Waals surface area contributed by atoms with E-state index in [1.165, 1.54) is 11.1 Å². The Kier molecular flexibility index (Phi) is 7.55. The lowest BCUT2D eigenvalue weighted by Gasteiger charge is -2.27. The Morgan fingerprint density at radius 3 is 2.73 bits per heavy atom. The van der Waals surface area contributed by atoms with E-state index in [-0.39, 0.29) is 30.5 Å². The van der Waals surface area contributed by atoms with Crippen LogP contribution in [0.25, 0.3) is 0 Å². The number of nitrogens with zero attached hydrogens (tertiary/aromatic N) is 4. The number of aliphatic imine (C=N–C) groups is 1. The van der Waals surface area contributed by atoms with E-state index in [1.54, 1.807) is 12.3 Å². The Bertz CT molecular complexity index is 1260. The van der Waals surface area contributed by atoms with E-state index in [4.69, 9.17) is 0 Å². The minimum absolute atomic E-state index is 0.122. The van der Waals surface area contributed by atoms with Gasteiger partial charge in [-0.1, -0.05) is 12.1 Å². The van der Waals surface area contributed by atoms with E-state index in [2.05, 4.69) is 25.6 Å². The van der Waals surface area contributed by atoms with Crippen LogP contribution in [0.5, 0.6) is 0 Å². The van der Waals surface area contributed by atoms with E-state index in [0.717, 1.165) is 17.7 Å². The average molecular weight is 519 g/mol. The van der Waals surface area contributed by atoms with Crippen molar-refractivity contribution in [3.05, 3.63) is 64.4 Å². The zero-order valence-electron chi connectivity index (χ0n) is 20.3. The van der Waals surface area contributed by atoms with Gasteiger partial charge in [0.2, 0.25) is 11.9 Å². The Morgan fingerprint density at radius 1 is 1.27 bits per heavy atom. The lowest BCUT2D eigenvalue weighted by molar-refractivity contribution is -0.140. The topological polar surface area (TPSA) is 99.6 Å². The molecular weight excluding hydrogens is 492 g/mol. The third-order valence-corrected chi connectivity index (χ3v) is 5.98. The molecule has 2 N–H and O–H groups in total. The zero-order valence-corrected chi connectivity index (χ0v) is 20.3. The lowest BCUT2D eigenvalue weighted by atomic mass is 9.93. The van der Waals surface area contributed by atoms with Crippen molar-refractivity contribution in [2.45, 2.75) is 57.8 Å². The van der Waals surface area contributed by atoms with Gasteiger partial charge in [0.1, 0.15) is 5.82 Å². The maximum atomic E-state index is 14.3. The number of aromatic nitrogens is 2. The molecule has 1 unspecified atom stereocenters. The Hall–Kier alpha value is -3.83. The molecule has 8 nitrogen and oxygen atoms in total. The van der Waals surface area contributed by atoms with E-state index < -0.39 is 29.5 Å². The van der Waals surface area contributed by atoms with Gasteiger partial charge >= 0.3 is 12.2 Å². The van der Waals surface area contributed by atoms with Crippen LogP contribution in [0.15, 0.2) is 41.2 Å². The molecular formula is C25H26F4N6O2. The third kappa shape index (κ3) is 6.30. The lowest BCUT2D eigenvalue weighted by Crippen LogP contribution is -2.35. The van der Waals surface area contributed by atoms with Gasteiger partial charge in [-0.05, 0) is 49.9 Å². The van der Waals surface area contributed by atoms with E-state index in [1.807, 2.05) is 13.8 Å². The second kappa shape index (κ2) is 10.7. The summed E-state index contributed by atoms with van der Waals surface area (Å²) >= 11 is 0. The number of anilines is 1. The first-order chi connectivity index (χ1) is 17.5. The molecule has 0 bridgehead atoms. The molecule has 3 heterocycles. The highest BCUT2D eigenvalue weighted by Crippen LogP contribution is 2.34. The van der Waals surface area contributed by atoms with Gasteiger partial charge in [-0.25, -0.2) is 24.1 Å². The van der Waals surface area contributed by atoms with Crippen LogP contribution in [0, 0.1) is 5.82 Å². The molecule has 0 spiro atoms. The summed E-state index contributed by atoms with van der Waals surface area (Å²) in [5.74, 6) is -2.20. The first-order valence-electron chi connectivity index (χ1n) is 11.8. The van der Waals surface area contributed by atoms with Gasteiger partial charge in [0.25, 0.3) is 0 Å². The van der Waals surface area contributed by atoms with Gasteiger partial charge in [0.15, 0.2) is 0 Å². The van der Waals surface area contributed by atoms with Crippen molar-refractivity contribution in [3.63, 3.8) is 0 Å². The highest BCUT2D eigenvalue weighted by atomic mass is 19.4. The molecule has 12 heteroatoms. The normalized spacial score (nSPS) is 16.9. The molecule has 0 saturated carbocycles. The first kappa shape index (κ1) is 26.2. The standard InChI is InChI=1S/C25H26F4N6O2/c1-14(2)32-23-30-11-16-8-9-35(13-21(16)34-23)24(37)31-12-17(20-4-3-5-22(36)33-20)15-6-7-18(19(26)10-15)25(27,28)29/h4,6-7,10-12,14,17H,3,5,8-9,13H2,1-2H3,(H,33,36)(H,30,32,34). The molecule has 1 aromatic heterocycles. The highest BCUT2D eigenvalue weighted by molar-refractivity contribution is 5.89.